The number of alkyl halides is 3. The zero-order valence-corrected chi connectivity index (χ0v) is 19.4. The molecule has 1 saturated heterocycles. The van der Waals surface area contributed by atoms with Crippen LogP contribution in [0.25, 0.3) is 16.9 Å². The number of halogens is 4. The first-order chi connectivity index (χ1) is 16.8. The van der Waals surface area contributed by atoms with Gasteiger partial charge in [-0.1, -0.05) is 35.9 Å². The molecule has 4 aromatic rings. The second-order valence-electron chi connectivity index (χ2n) is 9.31. The third kappa shape index (κ3) is 3.48. The third-order valence-electron chi connectivity index (χ3n) is 7.49. The van der Waals surface area contributed by atoms with Crippen molar-refractivity contribution in [2.45, 2.75) is 31.5 Å². The molecule has 10 heteroatoms. The van der Waals surface area contributed by atoms with E-state index in [1.54, 1.807) is 23.0 Å². The number of anilines is 1. The minimum Gasteiger partial charge on any atom is -0.355 e. The van der Waals surface area contributed by atoms with Gasteiger partial charge in [-0.25, -0.2) is 9.97 Å². The Morgan fingerprint density at radius 1 is 1.03 bits per heavy atom. The lowest BCUT2D eigenvalue weighted by molar-refractivity contribution is -0.141. The predicted octanol–water partition coefficient (Wildman–Crippen LogP) is 5.31. The molecule has 0 saturated carbocycles. The van der Waals surface area contributed by atoms with Crippen molar-refractivity contribution in [3.8, 4) is 11.4 Å². The van der Waals surface area contributed by atoms with E-state index in [1.165, 1.54) is 17.2 Å². The van der Waals surface area contributed by atoms with Crippen LogP contribution in [0.2, 0.25) is 5.02 Å². The van der Waals surface area contributed by atoms with Crippen LogP contribution in [0.3, 0.4) is 0 Å². The average molecular weight is 499 g/mol. The second-order valence-corrected chi connectivity index (χ2v) is 9.69. The molecule has 1 aromatic carbocycles. The van der Waals surface area contributed by atoms with Crippen molar-refractivity contribution in [2.24, 2.45) is 11.1 Å². The number of pyridine rings is 1. The summed E-state index contributed by atoms with van der Waals surface area (Å²) in [6.07, 6.45) is 4.22. The van der Waals surface area contributed by atoms with Crippen LogP contribution in [0, 0.1) is 5.41 Å². The van der Waals surface area contributed by atoms with Gasteiger partial charge in [-0.3, -0.25) is 9.38 Å². The van der Waals surface area contributed by atoms with Gasteiger partial charge in [0.05, 0.1) is 11.2 Å². The highest BCUT2D eigenvalue weighted by Crippen LogP contribution is 2.51. The first-order valence-corrected chi connectivity index (χ1v) is 11.8. The number of piperidine rings is 1. The van der Waals surface area contributed by atoms with Crippen LogP contribution in [0.1, 0.15) is 35.7 Å². The molecule has 0 unspecified atom stereocenters. The van der Waals surface area contributed by atoms with Gasteiger partial charge in [0.15, 0.2) is 11.5 Å². The summed E-state index contributed by atoms with van der Waals surface area (Å²) in [5, 5.41) is -0.472. The van der Waals surface area contributed by atoms with E-state index in [2.05, 4.69) is 38.1 Å². The van der Waals surface area contributed by atoms with Gasteiger partial charge in [0.1, 0.15) is 11.3 Å². The average Bonchev–Trinajstić information content (AvgIpc) is 3.39. The summed E-state index contributed by atoms with van der Waals surface area (Å²) >= 11 is 6.12. The molecule has 2 N–H and O–H groups in total. The summed E-state index contributed by atoms with van der Waals surface area (Å²) in [6.45, 7) is 1.56. The van der Waals surface area contributed by atoms with Crippen molar-refractivity contribution >= 4 is 22.9 Å². The quantitative estimate of drug-likeness (QED) is 0.406. The van der Waals surface area contributed by atoms with Gasteiger partial charge in [0.2, 0.25) is 0 Å². The topological polar surface area (TPSA) is 72.3 Å². The van der Waals surface area contributed by atoms with Crippen LogP contribution in [0.4, 0.5) is 19.0 Å². The van der Waals surface area contributed by atoms with Crippen LogP contribution < -0.4 is 10.6 Å². The molecule has 1 aliphatic carbocycles. The minimum absolute atomic E-state index is 0.0165. The van der Waals surface area contributed by atoms with E-state index in [4.69, 9.17) is 17.3 Å². The standard InChI is InChI=1S/C25H22ClF3N6/c26-19-17(5-8-31-21(19)25(27,28)29)22-33-14-18-23(32-9-12-35(18)22)34-10-6-24(7-11-34)13-15-3-1-2-4-16(15)20(24)30/h1-5,8-9,12,14,20H,6-7,10-11,13,30H2/t20-/m1/s1. The van der Waals surface area contributed by atoms with Gasteiger partial charge >= 0.3 is 6.18 Å². The van der Waals surface area contributed by atoms with E-state index in [9.17, 15) is 13.2 Å². The number of nitrogens with zero attached hydrogens (tertiary/aromatic N) is 5. The number of hydrogen-bond donors (Lipinski definition) is 1. The number of aromatic nitrogens is 4. The summed E-state index contributed by atoms with van der Waals surface area (Å²) in [5.74, 6) is 1.05. The lowest BCUT2D eigenvalue weighted by Crippen LogP contribution is -2.44. The van der Waals surface area contributed by atoms with Gasteiger partial charge in [-0.05, 0) is 41.9 Å². The summed E-state index contributed by atoms with van der Waals surface area (Å²) in [5.41, 5.74) is 9.07. The monoisotopic (exact) mass is 498 g/mol. The number of hydrogen-bond acceptors (Lipinski definition) is 5. The summed E-state index contributed by atoms with van der Waals surface area (Å²) < 4.78 is 41.7. The van der Waals surface area contributed by atoms with E-state index in [-0.39, 0.29) is 17.0 Å². The summed E-state index contributed by atoms with van der Waals surface area (Å²) in [7, 11) is 0. The number of benzene rings is 1. The number of fused-ring (bicyclic) bond motifs is 2. The number of rotatable bonds is 2. The molecule has 0 bridgehead atoms. The van der Waals surface area contributed by atoms with Crippen LogP contribution in [-0.4, -0.2) is 32.4 Å². The molecular formula is C25H22ClF3N6. The Bertz CT molecular complexity index is 1420. The number of imidazole rings is 1. The lowest BCUT2D eigenvalue weighted by Gasteiger charge is -2.42. The van der Waals surface area contributed by atoms with Crippen molar-refractivity contribution in [3.63, 3.8) is 0 Å². The minimum atomic E-state index is -4.66. The zero-order chi connectivity index (χ0) is 24.4. The first-order valence-electron chi connectivity index (χ1n) is 11.4. The van der Waals surface area contributed by atoms with E-state index < -0.39 is 16.9 Å². The molecule has 4 heterocycles. The maximum Gasteiger partial charge on any atom is 0.434 e. The molecule has 180 valence electrons. The van der Waals surface area contributed by atoms with Crippen molar-refractivity contribution in [2.75, 3.05) is 18.0 Å². The van der Waals surface area contributed by atoms with Crippen LogP contribution in [-0.2, 0) is 12.6 Å². The van der Waals surface area contributed by atoms with Crippen molar-refractivity contribution in [3.05, 3.63) is 77.0 Å². The van der Waals surface area contributed by atoms with Gasteiger partial charge in [0.25, 0.3) is 0 Å². The van der Waals surface area contributed by atoms with E-state index >= 15 is 0 Å². The fourth-order valence-corrected chi connectivity index (χ4v) is 5.94. The molecule has 1 spiro atoms. The van der Waals surface area contributed by atoms with Gasteiger partial charge < -0.3 is 10.6 Å². The van der Waals surface area contributed by atoms with Crippen LogP contribution in [0.5, 0.6) is 0 Å². The molecule has 2 aliphatic rings. The molecule has 0 amide bonds. The molecule has 1 fully saturated rings. The normalized spacial score (nSPS) is 19.5. The molecule has 6 nitrogen and oxygen atoms in total. The molecule has 6 rings (SSSR count). The highest BCUT2D eigenvalue weighted by molar-refractivity contribution is 6.33. The fourth-order valence-electron chi connectivity index (χ4n) is 5.64. The van der Waals surface area contributed by atoms with Gasteiger partial charge in [0, 0.05) is 43.3 Å². The Hall–Kier alpha value is -3.17. The smallest absolute Gasteiger partial charge is 0.355 e. The summed E-state index contributed by atoms with van der Waals surface area (Å²) in [4.78, 5) is 14.6. The van der Waals surface area contributed by atoms with Crippen molar-refractivity contribution in [1.82, 2.24) is 19.4 Å². The van der Waals surface area contributed by atoms with E-state index in [1.807, 2.05) is 6.07 Å². The predicted molar refractivity (Wildman–Crippen MR) is 127 cm³/mol. The lowest BCUT2D eigenvalue weighted by atomic mass is 9.73. The highest BCUT2D eigenvalue weighted by atomic mass is 35.5. The molecule has 3 aromatic heterocycles. The van der Waals surface area contributed by atoms with Crippen LogP contribution >= 0.6 is 11.6 Å². The number of nitrogens with two attached hydrogens (primary N) is 1. The summed E-state index contributed by atoms with van der Waals surface area (Å²) in [6, 6.07) is 9.86. The van der Waals surface area contributed by atoms with E-state index in [0.29, 0.717) is 11.3 Å². The maximum atomic E-state index is 13.3. The second kappa shape index (κ2) is 7.93. The van der Waals surface area contributed by atoms with Crippen molar-refractivity contribution < 1.29 is 13.2 Å². The first kappa shape index (κ1) is 22.3. The largest absolute Gasteiger partial charge is 0.434 e. The SMILES string of the molecule is N[C@@H]1c2ccccc2CC12CCN(c1nccn3c(-c4ccnc(C(F)(F)F)c4Cl)ncc13)CC2. The van der Waals surface area contributed by atoms with Crippen molar-refractivity contribution in [1.29, 1.82) is 0 Å². The van der Waals surface area contributed by atoms with Gasteiger partial charge in [-0.2, -0.15) is 13.2 Å². The molecule has 0 radical (unpaired) electrons. The third-order valence-corrected chi connectivity index (χ3v) is 7.87. The molecule has 1 aliphatic heterocycles. The fraction of sp³-hybridized carbons (Fsp3) is 0.320. The Labute approximate surface area is 204 Å². The Kier molecular flexibility index (Phi) is 5.05. The molecule has 1 atom stereocenters. The Morgan fingerprint density at radius 3 is 2.54 bits per heavy atom. The Balaban J connectivity index is 1.31. The molecular weight excluding hydrogens is 477 g/mol. The van der Waals surface area contributed by atoms with E-state index in [0.717, 1.165) is 44.4 Å². The Morgan fingerprint density at radius 2 is 1.80 bits per heavy atom. The highest BCUT2D eigenvalue weighted by Gasteiger charge is 2.46. The maximum absolute atomic E-state index is 13.3. The molecule has 35 heavy (non-hydrogen) atoms. The zero-order valence-electron chi connectivity index (χ0n) is 18.6. The van der Waals surface area contributed by atoms with Gasteiger partial charge in [-0.15, -0.1) is 0 Å². The van der Waals surface area contributed by atoms with Crippen LogP contribution in [0.15, 0.2) is 55.1 Å².